The molecule has 1 aliphatic carbocycles. The third kappa shape index (κ3) is 3.76. The van der Waals surface area contributed by atoms with Crippen molar-refractivity contribution in [1.82, 2.24) is 20.1 Å². The summed E-state index contributed by atoms with van der Waals surface area (Å²) in [6.07, 6.45) is 5.00. The number of aromatic nitrogens is 3. The van der Waals surface area contributed by atoms with Crippen LogP contribution in [0.3, 0.4) is 0 Å². The predicted molar refractivity (Wildman–Crippen MR) is 108 cm³/mol. The summed E-state index contributed by atoms with van der Waals surface area (Å²) in [6, 6.07) is 7.01. The lowest BCUT2D eigenvalue weighted by Gasteiger charge is -2.34. The van der Waals surface area contributed by atoms with Gasteiger partial charge in [0.1, 0.15) is 11.1 Å². The first kappa shape index (κ1) is 19.9. The van der Waals surface area contributed by atoms with Gasteiger partial charge in [-0.15, -0.1) is 0 Å². The lowest BCUT2D eigenvalue weighted by atomic mass is 9.81. The molecule has 2 heterocycles. The van der Waals surface area contributed by atoms with Crippen LogP contribution in [0.15, 0.2) is 30.0 Å². The summed E-state index contributed by atoms with van der Waals surface area (Å²) in [7, 11) is -2.17. The van der Waals surface area contributed by atoms with Gasteiger partial charge >= 0.3 is 10.1 Å². The molecule has 8 nitrogen and oxygen atoms in total. The van der Waals surface area contributed by atoms with Gasteiger partial charge in [-0.1, -0.05) is 30.9 Å². The first-order valence-electron chi connectivity index (χ1n) is 9.33. The molecule has 0 atom stereocenters. The van der Waals surface area contributed by atoms with Crippen LogP contribution in [0.4, 0.5) is 0 Å². The molecule has 1 aromatic heterocycles. The van der Waals surface area contributed by atoms with Crippen LogP contribution in [0.25, 0.3) is 17.0 Å². The molecule has 1 aliphatic heterocycles. The number of benzene rings is 1. The number of carbonyl (C=O) groups excluding carboxylic acids is 1. The van der Waals surface area contributed by atoms with Crippen molar-refractivity contribution >= 4 is 33.2 Å². The van der Waals surface area contributed by atoms with E-state index in [4.69, 9.17) is 15.8 Å². The first-order chi connectivity index (χ1) is 13.7. The van der Waals surface area contributed by atoms with E-state index in [0.717, 1.165) is 31.1 Å². The van der Waals surface area contributed by atoms with Gasteiger partial charge in [-0.3, -0.25) is 4.79 Å². The minimum atomic E-state index is -3.83. The average molecular weight is 437 g/mol. The summed E-state index contributed by atoms with van der Waals surface area (Å²) in [6.45, 7) is 0. The Balaban J connectivity index is 1.86. The van der Waals surface area contributed by atoms with Crippen LogP contribution >= 0.6 is 11.6 Å². The van der Waals surface area contributed by atoms with Gasteiger partial charge in [0.05, 0.1) is 6.26 Å². The fraction of sp³-hybridized carbons (Fsp3) is 0.421. The summed E-state index contributed by atoms with van der Waals surface area (Å²) in [5, 5.41) is 7.96. The normalized spacial score (nSPS) is 18.9. The van der Waals surface area contributed by atoms with Gasteiger partial charge in [-0.25, -0.2) is 9.67 Å². The number of amides is 1. The third-order valence-corrected chi connectivity index (χ3v) is 5.99. The molecule has 2 aromatic rings. The Kier molecular flexibility index (Phi) is 4.90. The molecule has 1 fully saturated rings. The van der Waals surface area contributed by atoms with Crippen molar-refractivity contribution in [2.45, 2.75) is 37.6 Å². The molecule has 10 heteroatoms. The topological polar surface area (TPSA) is 103 Å². The second kappa shape index (κ2) is 7.14. The van der Waals surface area contributed by atoms with Crippen molar-refractivity contribution in [3.63, 3.8) is 0 Å². The highest BCUT2D eigenvalue weighted by atomic mass is 35.5. The van der Waals surface area contributed by atoms with Gasteiger partial charge in [0, 0.05) is 17.6 Å². The van der Waals surface area contributed by atoms with Gasteiger partial charge in [-0.05, 0) is 37.1 Å². The van der Waals surface area contributed by atoms with E-state index in [9.17, 15) is 13.2 Å². The number of rotatable bonds is 4. The highest BCUT2D eigenvalue weighted by Gasteiger charge is 2.50. The SMILES string of the molecule is Cn1nc(-c2ccc(Cl)cc2)nc1C1=C(OS(C)(=O)=O)C2(CCCCC2)NC1=O. The molecule has 1 spiro atoms. The lowest BCUT2D eigenvalue weighted by molar-refractivity contribution is -0.116. The maximum atomic E-state index is 12.9. The fourth-order valence-corrected chi connectivity index (χ4v) is 4.66. The van der Waals surface area contributed by atoms with E-state index in [1.807, 2.05) is 0 Å². The van der Waals surface area contributed by atoms with E-state index in [1.165, 1.54) is 4.68 Å². The zero-order chi connectivity index (χ0) is 20.8. The molecule has 0 bridgehead atoms. The Labute approximate surface area is 174 Å². The average Bonchev–Trinajstić information content (AvgIpc) is 3.13. The highest BCUT2D eigenvalue weighted by molar-refractivity contribution is 7.86. The van der Waals surface area contributed by atoms with Crippen LogP contribution in [0, 0.1) is 0 Å². The van der Waals surface area contributed by atoms with Gasteiger partial charge in [0.2, 0.25) is 0 Å². The molecule has 2 aliphatic rings. The molecule has 0 saturated heterocycles. The van der Waals surface area contributed by atoms with Crippen molar-refractivity contribution in [2.24, 2.45) is 7.05 Å². The predicted octanol–water partition coefficient (Wildman–Crippen LogP) is 2.66. The summed E-state index contributed by atoms with van der Waals surface area (Å²) in [5.41, 5.74) is 0.0286. The van der Waals surface area contributed by atoms with Crippen molar-refractivity contribution in [2.75, 3.05) is 6.26 Å². The first-order valence-corrected chi connectivity index (χ1v) is 11.5. The number of halogens is 1. The minimum absolute atomic E-state index is 0.118. The van der Waals surface area contributed by atoms with Gasteiger partial charge < -0.3 is 9.50 Å². The van der Waals surface area contributed by atoms with Gasteiger partial charge in [-0.2, -0.15) is 13.5 Å². The number of hydrogen-bond acceptors (Lipinski definition) is 6. The summed E-state index contributed by atoms with van der Waals surface area (Å²) >= 11 is 5.94. The zero-order valence-electron chi connectivity index (χ0n) is 16.1. The number of nitrogens with one attached hydrogen (secondary N) is 1. The standard InChI is InChI=1S/C19H21ClN4O4S/c1-24-17(21-16(23-24)12-6-8-13(20)9-7-12)14-15(28-29(2,26)27)19(22-18(14)25)10-4-3-5-11-19/h6-9H,3-5,10-11H2,1-2H3,(H,22,25). The number of hydrogen-bond donors (Lipinski definition) is 1. The zero-order valence-corrected chi connectivity index (χ0v) is 17.7. The Morgan fingerprint density at radius 2 is 1.83 bits per heavy atom. The second-order valence-corrected chi connectivity index (χ2v) is 9.49. The molecule has 1 saturated carbocycles. The van der Waals surface area contributed by atoms with Crippen LogP contribution in [0.5, 0.6) is 0 Å². The Bertz CT molecular complexity index is 1100. The molecule has 1 aromatic carbocycles. The van der Waals surface area contributed by atoms with Gasteiger partial charge in [0.15, 0.2) is 17.4 Å². The molecule has 0 unspecified atom stereocenters. The van der Waals surface area contributed by atoms with E-state index in [0.29, 0.717) is 23.7 Å². The molecular weight excluding hydrogens is 416 g/mol. The van der Waals surface area contributed by atoms with Crippen molar-refractivity contribution < 1.29 is 17.4 Å². The number of carbonyl (C=O) groups is 1. The highest BCUT2D eigenvalue weighted by Crippen LogP contribution is 2.43. The molecular formula is C19H21ClN4O4S. The van der Waals surface area contributed by atoms with E-state index < -0.39 is 21.6 Å². The summed E-state index contributed by atoms with van der Waals surface area (Å²) < 4.78 is 30.8. The van der Waals surface area contributed by atoms with E-state index in [-0.39, 0.29) is 17.2 Å². The molecule has 29 heavy (non-hydrogen) atoms. The summed E-state index contributed by atoms with van der Waals surface area (Å²) in [4.78, 5) is 17.5. The number of aryl methyl sites for hydroxylation is 1. The van der Waals surface area contributed by atoms with Crippen LogP contribution in [-0.4, -0.2) is 40.9 Å². The molecule has 1 amide bonds. The quantitative estimate of drug-likeness (QED) is 0.739. The van der Waals surface area contributed by atoms with Gasteiger partial charge in [0.25, 0.3) is 5.91 Å². The lowest BCUT2D eigenvalue weighted by Crippen LogP contribution is -2.46. The smallest absolute Gasteiger partial charge is 0.306 e. The minimum Gasteiger partial charge on any atom is -0.384 e. The Hall–Kier alpha value is -2.39. The van der Waals surface area contributed by atoms with Crippen LogP contribution in [0.2, 0.25) is 5.02 Å². The maximum absolute atomic E-state index is 12.9. The second-order valence-electron chi connectivity index (χ2n) is 7.48. The third-order valence-electron chi connectivity index (χ3n) is 5.27. The van der Waals surface area contributed by atoms with Crippen LogP contribution in [0.1, 0.15) is 37.9 Å². The Morgan fingerprint density at radius 1 is 1.17 bits per heavy atom. The van der Waals surface area contributed by atoms with E-state index in [2.05, 4.69) is 15.4 Å². The monoisotopic (exact) mass is 436 g/mol. The Morgan fingerprint density at radius 3 is 2.45 bits per heavy atom. The van der Waals surface area contributed by atoms with Crippen LogP contribution in [-0.2, 0) is 26.1 Å². The summed E-state index contributed by atoms with van der Waals surface area (Å²) in [5.74, 6) is 0.392. The molecule has 154 valence electrons. The largest absolute Gasteiger partial charge is 0.384 e. The maximum Gasteiger partial charge on any atom is 0.306 e. The number of nitrogens with zero attached hydrogens (tertiary/aromatic N) is 3. The van der Waals surface area contributed by atoms with E-state index >= 15 is 0 Å². The van der Waals surface area contributed by atoms with Crippen molar-refractivity contribution in [3.8, 4) is 11.4 Å². The fourth-order valence-electron chi connectivity index (χ4n) is 3.99. The van der Waals surface area contributed by atoms with Crippen molar-refractivity contribution in [3.05, 3.63) is 40.9 Å². The molecule has 4 rings (SSSR count). The van der Waals surface area contributed by atoms with Crippen LogP contribution < -0.4 is 5.32 Å². The van der Waals surface area contributed by atoms with Crippen molar-refractivity contribution in [1.29, 1.82) is 0 Å². The molecule has 0 radical (unpaired) electrons. The molecule has 1 N–H and O–H groups in total. The van der Waals surface area contributed by atoms with E-state index in [1.54, 1.807) is 31.3 Å².